The first-order valence-corrected chi connectivity index (χ1v) is 3.64. The molecular formula is C7H13N3O. The topological polar surface area (TPSA) is 50.1 Å². The molecule has 0 atom stereocenters. The van der Waals surface area contributed by atoms with Crippen molar-refractivity contribution < 1.29 is 4.52 Å². The molecule has 62 valence electrons. The van der Waals surface area contributed by atoms with Gasteiger partial charge in [-0.3, -0.25) is 0 Å². The average Bonchev–Trinajstić information content (AvgIpc) is 2.37. The number of hydrogen-bond acceptors (Lipinski definition) is 4. The number of nitrogens with one attached hydrogen (secondary N) is 2. The van der Waals surface area contributed by atoms with Crippen molar-refractivity contribution in [2.24, 2.45) is 0 Å². The molecule has 0 aliphatic rings. The molecule has 0 aromatic carbocycles. The quantitative estimate of drug-likeness (QED) is 0.626. The highest BCUT2D eigenvalue weighted by molar-refractivity contribution is 5.33. The van der Waals surface area contributed by atoms with Crippen LogP contribution in [0.5, 0.6) is 0 Å². The van der Waals surface area contributed by atoms with E-state index in [9.17, 15) is 0 Å². The van der Waals surface area contributed by atoms with Crippen molar-refractivity contribution in [2.45, 2.75) is 6.92 Å². The minimum absolute atomic E-state index is 0.803. The van der Waals surface area contributed by atoms with Crippen LogP contribution < -0.4 is 10.6 Å². The lowest BCUT2D eigenvalue weighted by Crippen LogP contribution is -2.17. The highest BCUT2D eigenvalue weighted by Gasteiger charge is 1.96. The maximum Gasteiger partial charge on any atom is 0.169 e. The van der Waals surface area contributed by atoms with Crippen LogP contribution in [0.4, 0.5) is 5.82 Å². The van der Waals surface area contributed by atoms with Gasteiger partial charge in [0.05, 0.1) is 0 Å². The normalized spacial score (nSPS) is 10.0. The summed E-state index contributed by atoms with van der Waals surface area (Å²) in [5.41, 5.74) is 0. The van der Waals surface area contributed by atoms with E-state index < -0.39 is 0 Å². The molecule has 0 aliphatic heterocycles. The summed E-state index contributed by atoms with van der Waals surface area (Å²) in [7, 11) is 1.91. The van der Waals surface area contributed by atoms with E-state index in [2.05, 4.69) is 15.8 Å². The van der Waals surface area contributed by atoms with E-state index in [1.165, 1.54) is 0 Å². The summed E-state index contributed by atoms with van der Waals surface area (Å²) < 4.78 is 4.86. The van der Waals surface area contributed by atoms with Gasteiger partial charge in [0.25, 0.3) is 0 Å². The standard InChI is InChI=1S/C7H13N3O/c1-6-5-7(10-11-6)9-4-3-8-2/h5,8H,3-4H2,1-2H3,(H,9,10). The SMILES string of the molecule is CNCCNc1cc(C)on1. The molecule has 1 rings (SSSR count). The number of anilines is 1. The van der Waals surface area contributed by atoms with Gasteiger partial charge in [-0.05, 0) is 14.0 Å². The van der Waals surface area contributed by atoms with Crippen LogP contribution in [0, 0.1) is 6.92 Å². The molecule has 0 saturated carbocycles. The maximum absolute atomic E-state index is 4.86. The van der Waals surface area contributed by atoms with Crippen LogP contribution >= 0.6 is 0 Å². The summed E-state index contributed by atoms with van der Waals surface area (Å²) in [5, 5.41) is 9.90. The first-order chi connectivity index (χ1) is 5.33. The predicted molar refractivity (Wildman–Crippen MR) is 43.7 cm³/mol. The van der Waals surface area contributed by atoms with Gasteiger partial charge in [0.1, 0.15) is 5.76 Å². The summed E-state index contributed by atoms with van der Waals surface area (Å²) in [6, 6.07) is 1.87. The molecule has 0 spiro atoms. The summed E-state index contributed by atoms with van der Waals surface area (Å²) in [6.45, 7) is 3.66. The fraction of sp³-hybridized carbons (Fsp3) is 0.571. The van der Waals surface area contributed by atoms with E-state index in [-0.39, 0.29) is 0 Å². The summed E-state index contributed by atoms with van der Waals surface area (Å²) in [6.07, 6.45) is 0. The highest BCUT2D eigenvalue weighted by atomic mass is 16.5. The predicted octanol–water partition coefficient (Wildman–Crippen LogP) is 0.614. The molecule has 0 fully saturated rings. The Kier molecular flexibility index (Phi) is 2.92. The second kappa shape index (κ2) is 3.98. The maximum atomic E-state index is 4.86. The zero-order valence-electron chi connectivity index (χ0n) is 6.85. The van der Waals surface area contributed by atoms with Gasteiger partial charge in [-0.15, -0.1) is 0 Å². The molecule has 11 heavy (non-hydrogen) atoms. The molecule has 4 heteroatoms. The Morgan fingerprint density at radius 2 is 2.36 bits per heavy atom. The van der Waals surface area contributed by atoms with Crippen LogP contribution in [0.15, 0.2) is 10.6 Å². The van der Waals surface area contributed by atoms with Crippen LogP contribution in [0.1, 0.15) is 5.76 Å². The van der Waals surface area contributed by atoms with Gasteiger partial charge in [-0.2, -0.15) is 0 Å². The van der Waals surface area contributed by atoms with Gasteiger partial charge in [0.15, 0.2) is 5.82 Å². The number of aryl methyl sites for hydroxylation is 1. The first-order valence-electron chi connectivity index (χ1n) is 3.64. The molecule has 1 heterocycles. The van der Waals surface area contributed by atoms with Gasteiger partial charge >= 0.3 is 0 Å². The minimum Gasteiger partial charge on any atom is -0.366 e. The molecule has 0 saturated heterocycles. The lowest BCUT2D eigenvalue weighted by Gasteiger charge is -1.98. The van der Waals surface area contributed by atoms with Crippen LogP contribution in [0.2, 0.25) is 0 Å². The zero-order valence-corrected chi connectivity index (χ0v) is 6.85. The van der Waals surface area contributed by atoms with Crippen molar-refractivity contribution in [1.82, 2.24) is 10.5 Å². The first kappa shape index (κ1) is 8.07. The van der Waals surface area contributed by atoms with E-state index >= 15 is 0 Å². The molecule has 0 unspecified atom stereocenters. The average molecular weight is 155 g/mol. The zero-order chi connectivity index (χ0) is 8.10. The Bertz CT molecular complexity index is 209. The summed E-state index contributed by atoms with van der Waals surface area (Å²) >= 11 is 0. The molecule has 4 nitrogen and oxygen atoms in total. The Balaban J connectivity index is 2.27. The minimum atomic E-state index is 0.803. The van der Waals surface area contributed by atoms with Crippen LogP contribution in [0.25, 0.3) is 0 Å². The summed E-state index contributed by atoms with van der Waals surface area (Å²) in [5.74, 6) is 1.63. The fourth-order valence-corrected chi connectivity index (χ4v) is 0.765. The second-order valence-electron chi connectivity index (χ2n) is 2.35. The second-order valence-corrected chi connectivity index (χ2v) is 2.35. The lowest BCUT2D eigenvalue weighted by molar-refractivity contribution is 0.399. The molecule has 0 bridgehead atoms. The molecule has 1 aromatic rings. The smallest absolute Gasteiger partial charge is 0.169 e. The number of nitrogens with zero attached hydrogens (tertiary/aromatic N) is 1. The van der Waals surface area contributed by atoms with Crippen LogP contribution in [-0.4, -0.2) is 25.3 Å². The van der Waals surface area contributed by atoms with Crippen LogP contribution in [0.3, 0.4) is 0 Å². The molecule has 1 aromatic heterocycles. The number of likely N-dealkylation sites (N-methyl/N-ethyl adjacent to an activating group) is 1. The third-order valence-electron chi connectivity index (χ3n) is 1.31. The fourth-order valence-electron chi connectivity index (χ4n) is 0.765. The van der Waals surface area contributed by atoms with E-state index in [0.717, 1.165) is 24.7 Å². The molecule has 0 aliphatic carbocycles. The van der Waals surface area contributed by atoms with Gasteiger partial charge in [0, 0.05) is 19.2 Å². The monoisotopic (exact) mass is 155 g/mol. The Morgan fingerprint density at radius 3 is 2.91 bits per heavy atom. The Labute approximate surface area is 66.0 Å². The molecule has 0 amide bonds. The number of aromatic nitrogens is 1. The van der Waals surface area contributed by atoms with E-state index in [0.29, 0.717) is 0 Å². The Hall–Kier alpha value is -1.03. The number of hydrogen-bond donors (Lipinski definition) is 2. The summed E-state index contributed by atoms with van der Waals surface area (Å²) in [4.78, 5) is 0. The largest absolute Gasteiger partial charge is 0.366 e. The Morgan fingerprint density at radius 1 is 1.55 bits per heavy atom. The van der Waals surface area contributed by atoms with Crippen molar-refractivity contribution in [1.29, 1.82) is 0 Å². The van der Waals surface area contributed by atoms with Gasteiger partial charge in [-0.1, -0.05) is 5.16 Å². The van der Waals surface area contributed by atoms with Crippen molar-refractivity contribution in [3.05, 3.63) is 11.8 Å². The van der Waals surface area contributed by atoms with E-state index in [1.807, 2.05) is 20.0 Å². The van der Waals surface area contributed by atoms with Crippen molar-refractivity contribution >= 4 is 5.82 Å². The third-order valence-corrected chi connectivity index (χ3v) is 1.31. The van der Waals surface area contributed by atoms with Gasteiger partial charge in [0.2, 0.25) is 0 Å². The molecular weight excluding hydrogens is 142 g/mol. The number of rotatable bonds is 4. The van der Waals surface area contributed by atoms with Crippen LogP contribution in [-0.2, 0) is 0 Å². The van der Waals surface area contributed by atoms with E-state index in [4.69, 9.17) is 4.52 Å². The van der Waals surface area contributed by atoms with Crippen molar-refractivity contribution in [2.75, 3.05) is 25.5 Å². The van der Waals surface area contributed by atoms with Crippen molar-refractivity contribution in [3.63, 3.8) is 0 Å². The third kappa shape index (κ3) is 2.59. The highest BCUT2D eigenvalue weighted by Crippen LogP contribution is 2.05. The van der Waals surface area contributed by atoms with Gasteiger partial charge in [-0.25, -0.2) is 0 Å². The molecule has 0 radical (unpaired) electrons. The molecule has 2 N–H and O–H groups in total. The van der Waals surface area contributed by atoms with E-state index in [1.54, 1.807) is 0 Å². The lowest BCUT2D eigenvalue weighted by atomic mass is 10.5. The van der Waals surface area contributed by atoms with Gasteiger partial charge < -0.3 is 15.2 Å². The van der Waals surface area contributed by atoms with Crippen molar-refractivity contribution in [3.8, 4) is 0 Å².